The fourth-order valence-electron chi connectivity index (χ4n) is 6.30. The van der Waals surface area contributed by atoms with E-state index in [0.717, 1.165) is 37.1 Å². The molecule has 1 saturated heterocycles. The number of nitrogens with one attached hydrogen (secondary N) is 3. The highest BCUT2D eigenvalue weighted by Crippen LogP contribution is 2.61. The van der Waals surface area contributed by atoms with Crippen LogP contribution in [0, 0.1) is 0 Å². The number of fused-ring (bicyclic) bond motifs is 1. The average Bonchev–Trinajstić information content (AvgIpc) is 3.28. The molecule has 14 heteroatoms. The highest BCUT2D eigenvalue weighted by Gasteiger charge is 2.45. The molecule has 1 fully saturated rings. The highest BCUT2D eigenvalue weighted by molar-refractivity contribution is 7.53. The normalized spacial score (nSPS) is 16.3. The molecule has 2 aliphatic heterocycles. The van der Waals surface area contributed by atoms with E-state index in [0.29, 0.717) is 29.6 Å². The predicted molar refractivity (Wildman–Crippen MR) is 161 cm³/mol. The molecular weight excluding hydrogens is 596 g/mol. The van der Waals surface area contributed by atoms with E-state index in [1.54, 1.807) is 56.1 Å². The van der Waals surface area contributed by atoms with Crippen molar-refractivity contribution in [1.82, 2.24) is 20.2 Å². The fraction of sp³-hybridized carbons (Fsp3) is 0.433. The Kier molecular flexibility index (Phi) is 8.78. The summed E-state index contributed by atoms with van der Waals surface area (Å²) in [6.45, 7) is 5.52. The zero-order chi connectivity index (χ0) is 31.9. The first kappa shape index (κ1) is 31.9. The third kappa shape index (κ3) is 5.93. The van der Waals surface area contributed by atoms with Gasteiger partial charge in [-0.05, 0) is 79.6 Å². The summed E-state index contributed by atoms with van der Waals surface area (Å²) >= 11 is 0. The maximum Gasteiger partial charge on any atom is 0.421 e. The number of hydrogen-bond acceptors (Lipinski definition) is 7. The quantitative estimate of drug-likeness (QED) is 0.174. The van der Waals surface area contributed by atoms with Gasteiger partial charge in [-0.2, -0.15) is 18.2 Å². The van der Waals surface area contributed by atoms with Gasteiger partial charge < -0.3 is 30.6 Å². The lowest BCUT2D eigenvalue weighted by Crippen LogP contribution is -2.27. The number of rotatable bonds is 9. The number of benzene rings is 2. The first-order valence-corrected chi connectivity index (χ1v) is 16.2. The first-order chi connectivity index (χ1) is 20.8. The second kappa shape index (κ2) is 12.1. The Bertz CT molecular complexity index is 1580. The molecule has 3 aromatic rings. The standard InChI is InChI=1S/C30H36F3N6O4P/c1-4-29(5-2,44(41,42)43)19-6-8-20(9-7-19)36-28-35-16-23(30(31,32)33)26(38-28)37-24-11-10-21(18-12-14-34-15-13-18)22-17-39(3)27(40)25(22)24/h6-11,16,18,34H,4-5,12-15,17H2,1-3H3,(H2,41,42,43)(H2,35,36,37,38). The Morgan fingerprint density at radius 2 is 1.70 bits per heavy atom. The summed E-state index contributed by atoms with van der Waals surface area (Å²) in [7, 11) is -2.82. The van der Waals surface area contributed by atoms with Gasteiger partial charge in [0.2, 0.25) is 5.95 Å². The van der Waals surface area contributed by atoms with Crippen molar-refractivity contribution >= 4 is 36.6 Å². The van der Waals surface area contributed by atoms with Gasteiger partial charge in [0.1, 0.15) is 11.4 Å². The number of anilines is 4. The molecule has 0 saturated carbocycles. The third-order valence-corrected chi connectivity index (χ3v) is 10.8. The molecule has 0 radical (unpaired) electrons. The van der Waals surface area contributed by atoms with Crippen molar-refractivity contribution in [1.29, 1.82) is 0 Å². The van der Waals surface area contributed by atoms with Crippen LogP contribution in [0.2, 0.25) is 0 Å². The van der Waals surface area contributed by atoms with Crippen molar-refractivity contribution in [2.45, 2.75) is 63.3 Å². The topological polar surface area (TPSA) is 140 Å². The fourth-order valence-corrected chi connectivity index (χ4v) is 7.61. The molecule has 5 rings (SSSR count). The molecule has 0 atom stereocenters. The zero-order valence-electron chi connectivity index (χ0n) is 24.7. The number of nitrogens with zero attached hydrogens (tertiary/aromatic N) is 3. The summed E-state index contributed by atoms with van der Waals surface area (Å²) in [5, 5.41) is 7.65. The average molecular weight is 633 g/mol. The van der Waals surface area contributed by atoms with Crippen LogP contribution in [0.15, 0.2) is 42.6 Å². The summed E-state index contributed by atoms with van der Waals surface area (Å²) in [6, 6.07) is 9.83. The van der Waals surface area contributed by atoms with Gasteiger partial charge in [-0.1, -0.05) is 32.0 Å². The Balaban J connectivity index is 1.48. The molecule has 44 heavy (non-hydrogen) atoms. The Hall–Kier alpha value is -3.51. The van der Waals surface area contributed by atoms with E-state index in [1.807, 2.05) is 6.07 Å². The van der Waals surface area contributed by atoms with Gasteiger partial charge in [0.25, 0.3) is 5.91 Å². The summed E-state index contributed by atoms with van der Waals surface area (Å²) in [5.74, 6) is -0.660. The van der Waals surface area contributed by atoms with Gasteiger partial charge in [-0.3, -0.25) is 9.36 Å². The van der Waals surface area contributed by atoms with Crippen LogP contribution in [0.1, 0.15) is 78.1 Å². The van der Waals surface area contributed by atoms with Crippen molar-refractivity contribution in [3.05, 3.63) is 70.4 Å². The summed E-state index contributed by atoms with van der Waals surface area (Å²) < 4.78 is 54.5. The van der Waals surface area contributed by atoms with Gasteiger partial charge >= 0.3 is 13.8 Å². The zero-order valence-corrected chi connectivity index (χ0v) is 25.6. The van der Waals surface area contributed by atoms with E-state index in [-0.39, 0.29) is 36.3 Å². The number of halogens is 3. The summed E-state index contributed by atoms with van der Waals surface area (Å²) in [4.78, 5) is 42.9. The Morgan fingerprint density at radius 3 is 2.30 bits per heavy atom. The van der Waals surface area contributed by atoms with Crippen LogP contribution in [0.4, 0.5) is 36.3 Å². The molecule has 0 aliphatic carbocycles. The third-order valence-electron chi connectivity index (χ3n) is 8.84. The van der Waals surface area contributed by atoms with Gasteiger partial charge in [0.15, 0.2) is 0 Å². The van der Waals surface area contributed by atoms with Crippen molar-refractivity contribution < 1.29 is 32.3 Å². The molecule has 0 unspecified atom stereocenters. The number of amides is 1. The lowest BCUT2D eigenvalue weighted by molar-refractivity contribution is -0.137. The number of piperidine rings is 1. The molecule has 0 bridgehead atoms. The van der Waals surface area contributed by atoms with E-state index in [1.165, 1.54) is 0 Å². The van der Waals surface area contributed by atoms with Crippen LogP contribution in [0.5, 0.6) is 0 Å². The minimum atomic E-state index is -4.77. The molecule has 5 N–H and O–H groups in total. The highest BCUT2D eigenvalue weighted by atomic mass is 31.2. The van der Waals surface area contributed by atoms with Crippen molar-refractivity contribution in [2.75, 3.05) is 30.8 Å². The van der Waals surface area contributed by atoms with E-state index in [2.05, 4.69) is 25.9 Å². The Labute approximate surface area is 253 Å². The molecule has 2 aliphatic rings. The van der Waals surface area contributed by atoms with Crippen molar-refractivity contribution in [3.8, 4) is 0 Å². The van der Waals surface area contributed by atoms with Gasteiger partial charge in [-0.15, -0.1) is 0 Å². The second-order valence-electron chi connectivity index (χ2n) is 11.3. The molecule has 1 aromatic heterocycles. The molecular formula is C30H36F3N6O4P. The van der Waals surface area contributed by atoms with E-state index in [4.69, 9.17) is 0 Å². The number of carbonyl (C=O) groups is 1. The summed E-state index contributed by atoms with van der Waals surface area (Å²) in [6.07, 6.45) is -1.83. The largest absolute Gasteiger partial charge is 0.421 e. The SMILES string of the molecule is CCC(CC)(c1ccc(Nc2ncc(C(F)(F)F)c(Nc3ccc(C4CCNCC4)c4c3C(=O)N(C)C4)n2)cc1)P(=O)(O)O. The second-order valence-corrected chi connectivity index (χ2v) is 13.2. The first-order valence-electron chi connectivity index (χ1n) is 14.6. The molecule has 236 valence electrons. The lowest BCUT2D eigenvalue weighted by Gasteiger charge is -2.33. The molecule has 3 heterocycles. The minimum absolute atomic E-state index is 0.132. The Morgan fingerprint density at radius 1 is 1.05 bits per heavy atom. The molecule has 2 aromatic carbocycles. The van der Waals surface area contributed by atoms with Gasteiger partial charge in [0, 0.05) is 25.5 Å². The summed E-state index contributed by atoms with van der Waals surface area (Å²) in [5.41, 5.74) is 2.22. The molecule has 10 nitrogen and oxygen atoms in total. The number of alkyl halides is 3. The van der Waals surface area contributed by atoms with Crippen LogP contribution in [0.3, 0.4) is 0 Å². The van der Waals surface area contributed by atoms with Crippen molar-refractivity contribution in [2.24, 2.45) is 0 Å². The number of hydrogen-bond donors (Lipinski definition) is 5. The van der Waals surface area contributed by atoms with E-state index in [9.17, 15) is 32.3 Å². The monoisotopic (exact) mass is 632 g/mol. The molecule has 0 spiro atoms. The predicted octanol–water partition coefficient (Wildman–Crippen LogP) is 6.23. The lowest BCUT2D eigenvalue weighted by atomic mass is 9.85. The van der Waals surface area contributed by atoms with Crippen LogP contribution in [0.25, 0.3) is 0 Å². The van der Waals surface area contributed by atoms with E-state index < -0.39 is 30.3 Å². The van der Waals surface area contributed by atoms with Gasteiger partial charge in [0.05, 0.1) is 16.4 Å². The van der Waals surface area contributed by atoms with Crippen LogP contribution in [-0.2, 0) is 22.4 Å². The van der Waals surface area contributed by atoms with Crippen LogP contribution in [-0.4, -0.2) is 50.7 Å². The van der Waals surface area contributed by atoms with Crippen LogP contribution < -0.4 is 16.0 Å². The van der Waals surface area contributed by atoms with E-state index >= 15 is 0 Å². The van der Waals surface area contributed by atoms with Crippen molar-refractivity contribution in [3.63, 3.8) is 0 Å². The van der Waals surface area contributed by atoms with Gasteiger partial charge in [-0.25, -0.2) is 4.98 Å². The number of aromatic nitrogens is 2. The maximum atomic E-state index is 14.1. The minimum Gasteiger partial charge on any atom is -0.339 e. The van der Waals surface area contributed by atoms with Crippen LogP contribution >= 0.6 is 7.60 Å². The smallest absolute Gasteiger partial charge is 0.339 e. The number of carbonyl (C=O) groups excluding carboxylic acids is 1. The molecule has 1 amide bonds. The maximum absolute atomic E-state index is 14.1.